The van der Waals surface area contributed by atoms with Crippen LogP contribution in [0.1, 0.15) is 66.8 Å². The van der Waals surface area contributed by atoms with Gasteiger partial charge in [0.25, 0.3) is 0 Å². The Labute approximate surface area is 170 Å². The normalized spacial score (nSPS) is 15.4. The summed E-state index contributed by atoms with van der Waals surface area (Å²) in [5.74, 6) is 0.767. The number of aryl methyl sites for hydroxylation is 2. The molecule has 2 heterocycles. The van der Waals surface area contributed by atoms with Crippen molar-refractivity contribution in [3.63, 3.8) is 0 Å². The molecule has 1 aromatic carbocycles. The number of nitrogens with zero attached hydrogens (tertiary/aromatic N) is 4. The molecule has 7 nitrogen and oxygen atoms in total. The minimum atomic E-state index is -4.68. The molecule has 2 aromatic heterocycles. The van der Waals surface area contributed by atoms with Crippen molar-refractivity contribution in [3.8, 4) is 17.1 Å². The van der Waals surface area contributed by atoms with Crippen LogP contribution in [-0.4, -0.2) is 26.9 Å². The molecule has 1 atom stereocenters. The van der Waals surface area contributed by atoms with E-state index in [1.807, 2.05) is 20.8 Å². The van der Waals surface area contributed by atoms with E-state index in [0.29, 0.717) is 35.6 Å². The number of rotatable bonds is 7. The maximum absolute atomic E-state index is 12.7. The zero-order valence-corrected chi connectivity index (χ0v) is 16.8. The van der Waals surface area contributed by atoms with E-state index in [4.69, 9.17) is 9.15 Å². The molecule has 30 heavy (non-hydrogen) atoms. The SMILES string of the molecule is CCC(COc1c(C)cc(-c2noc(C(F)(F)F)n2)cc1C)c1nnc(C2CC2)o1. The molecular formula is C20H21F3N4O3. The number of benzene rings is 1. The molecule has 1 aliphatic carbocycles. The van der Waals surface area contributed by atoms with Crippen molar-refractivity contribution in [3.05, 3.63) is 40.9 Å². The Bertz CT molecular complexity index is 1020. The third-order valence-electron chi connectivity index (χ3n) is 5.04. The lowest BCUT2D eigenvalue weighted by Crippen LogP contribution is -2.11. The largest absolute Gasteiger partial charge is 0.492 e. The van der Waals surface area contributed by atoms with Gasteiger partial charge in [0.1, 0.15) is 5.75 Å². The first-order valence-corrected chi connectivity index (χ1v) is 9.74. The van der Waals surface area contributed by atoms with Gasteiger partial charge in [-0.3, -0.25) is 0 Å². The summed E-state index contributed by atoms with van der Waals surface area (Å²) in [5.41, 5.74) is 1.93. The third kappa shape index (κ3) is 4.17. The van der Waals surface area contributed by atoms with Crippen LogP contribution in [-0.2, 0) is 6.18 Å². The number of ether oxygens (including phenoxy) is 1. The molecule has 1 aliphatic rings. The minimum Gasteiger partial charge on any atom is -0.492 e. The maximum Gasteiger partial charge on any atom is 0.471 e. The lowest BCUT2D eigenvalue weighted by atomic mass is 10.0. The van der Waals surface area contributed by atoms with Gasteiger partial charge < -0.3 is 13.7 Å². The molecule has 0 amide bonds. The average Bonchev–Trinajstić information content (AvgIpc) is 3.20. The fourth-order valence-corrected chi connectivity index (χ4v) is 3.22. The van der Waals surface area contributed by atoms with Crippen LogP contribution in [0, 0.1) is 13.8 Å². The molecule has 4 rings (SSSR count). The smallest absolute Gasteiger partial charge is 0.471 e. The number of hydrogen-bond donors (Lipinski definition) is 0. The fraction of sp³-hybridized carbons (Fsp3) is 0.500. The Morgan fingerprint density at radius 1 is 1.17 bits per heavy atom. The Morgan fingerprint density at radius 3 is 2.43 bits per heavy atom. The minimum absolute atomic E-state index is 0.0463. The zero-order chi connectivity index (χ0) is 21.5. The van der Waals surface area contributed by atoms with Gasteiger partial charge in [0.15, 0.2) is 0 Å². The monoisotopic (exact) mass is 422 g/mol. The van der Waals surface area contributed by atoms with Crippen molar-refractivity contribution in [2.75, 3.05) is 6.61 Å². The maximum atomic E-state index is 12.7. The first-order valence-electron chi connectivity index (χ1n) is 9.74. The van der Waals surface area contributed by atoms with Crippen molar-refractivity contribution in [2.24, 2.45) is 0 Å². The summed E-state index contributed by atoms with van der Waals surface area (Å²) in [4.78, 5) is 3.44. The predicted molar refractivity (Wildman–Crippen MR) is 99.0 cm³/mol. The first kappa shape index (κ1) is 20.4. The second-order valence-corrected chi connectivity index (χ2v) is 7.53. The number of hydrogen-bond acceptors (Lipinski definition) is 7. The first-order chi connectivity index (χ1) is 14.3. The molecule has 160 valence electrons. The molecule has 0 bridgehead atoms. The molecule has 0 radical (unpaired) electrons. The lowest BCUT2D eigenvalue weighted by molar-refractivity contribution is -0.159. The van der Waals surface area contributed by atoms with E-state index in [1.54, 1.807) is 12.1 Å². The van der Waals surface area contributed by atoms with Crippen LogP contribution >= 0.6 is 0 Å². The van der Waals surface area contributed by atoms with Crippen molar-refractivity contribution in [1.82, 2.24) is 20.3 Å². The van der Waals surface area contributed by atoms with Crippen LogP contribution in [0.4, 0.5) is 13.2 Å². The Balaban J connectivity index is 1.49. The van der Waals surface area contributed by atoms with Crippen molar-refractivity contribution >= 4 is 0 Å². The van der Waals surface area contributed by atoms with Gasteiger partial charge in [-0.05, 0) is 56.4 Å². The van der Waals surface area contributed by atoms with E-state index in [-0.39, 0.29) is 11.7 Å². The van der Waals surface area contributed by atoms with Crippen LogP contribution in [0.5, 0.6) is 5.75 Å². The fourth-order valence-electron chi connectivity index (χ4n) is 3.22. The third-order valence-corrected chi connectivity index (χ3v) is 5.04. The average molecular weight is 422 g/mol. The molecule has 1 fully saturated rings. The van der Waals surface area contributed by atoms with Crippen molar-refractivity contribution < 1.29 is 26.8 Å². The molecule has 0 N–H and O–H groups in total. The van der Waals surface area contributed by atoms with Gasteiger partial charge in [-0.15, -0.1) is 10.2 Å². The van der Waals surface area contributed by atoms with E-state index < -0.39 is 12.1 Å². The molecule has 10 heteroatoms. The van der Waals surface area contributed by atoms with E-state index in [1.165, 1.54) is 0 Å². The Kier molecular flexibility index (Phi) is 5.25. The Hall–Kier alpha value is -2.91. The summed E-state index contributed by atoms with van der Waals surface area (Å²) in [7, 11) is 0. The highest BCUT2D eigenvalue weighted by atomic mass is 19.4. The molecule has 0 spiro atoms. The van der Waals surface area contributed by atoms with Crippen molar-refractivity contribution in [1.29, 1.82) is 0 Å². The molecule has 1 saturated carbocycles. The second kappa shape index (κ2) is 7.73. The zero-order valence-electron chi connectivity index (χ0n) is 16.8. The highest BCUT2D eigenvalue weighted by Gasteiger charge is 2.38. The number of halogens is 3. The van der Waals surface area contributed by atoms with Gasteiger partial charge in [0, 0.05) is 11.5 Å². The highest BCUT2D eigenvalue weighted by molar-refractivity contribution is 5.61. The van der Waals surface area contributed by atoms with E-state index in [9.17, 15) is 13.2 Å². The van der Waals surface area contributed by atoms with E-state index in [2.05, 4.69) is 24.9 Å². The van der Waals surface area contributed by atoms with Crippen LogP contribution in [0.15, 0.2) is 21.1 Å². The second-order valence-electron chi connectivity index (χ2n) is 7.53. The standard InChI is InChI=1S/C20H21F3N4O3/c1-4-12(17-25-26-18(29-17)13-5-6-13)9-28-15-10(2)7-14(8-11(15)3)16-24-19(30-27-16)20(21,22)23/h7-8,12-13H,4-6,9H2,1-3H3. The van der Waals surface area contributed by atoms with Gasteiger partial charge in [-0.25, -0.2) is 0 Å². The molecule has 0 aliphatic heterocycles. The molecule has 3 aromatic rings. The Morgan fingerprint density at radius 2 is 1.87 bits per heavy atom. The predicted octanol–water partition coefficient (Wildman–Crippen LogP) is 5.21. The quantitative estimate of drug-likeness (QED) is 0.517. The van der Waals surface area contributed by atoms with Crippen LogP contribution in [0.25, 0.3) is 11.4 Å². The summed E-state index contributed by atoms with van der Waals surface area (Å²) >= 11 is 0. The van der Waals surface area contributed by atoms with Gasteiger partial charge >= 0.3 is 12.1 Å². The molecule has 0 saturated heterocycles. The van der Waals surface area contributed by atoms with Gasteiger partial charge in [0.2, 0.25) is 17.6 Å². The summed E-state index contributed by atoms with van der Waals surface area (Å²) < 4.78 is 54.3. The van der Waals surface area contributed by atoms with Gasteiger partial charge in [-0.2, -0.15) is 18.2 Å². The lowest BCUT2D eigenvalue weighted by Gasteiger charge is -2.16. The number of alkyl halides is 3. The highest BCUT2D eigenvalue weighted by Crippen LogP contribution is 2.40. The number of aromatic nitrogens is 4. The van der Waals surface area contributed by atoms with Gasteiger partial charge in [0.05, 0.1) is 12.5 Å². The van der Waals surface area contributed by atoms with Crippen molar-refractivity contribution in [2.45, 2.75) is 58.0 Å². The van der Waals surface area contributed by atoms with Crippen LogP contribution < -0.4 is 4.74 Å². The van der Waals surface area contributed by atoms with Gasteiger partial charge in [-0.1, -0.05) is 12.1 Å². The van der Waals surface area contributed by atoms with E-state index >= 15 is 0 Å². The van der Waals surface area contributed by atoms with Crippen LogP contribution in [0.3, 0.4) is 0 Å². The summed E-state index contributed by atoms with van der Waals surface area (Å²) in [6, 6.07) is 3.35. The van der Waals surface area contributed by atoms with E-state index in [0.717, 1.165) is 30.4 Å². The molecular weight excluding hydrogens is 401 g/mol. The van der Waals surface area contributed by atoms with Crippen LogP contribution in [0.2, 0.25) is 0 Å². The summed E-state index contributed by atoms with van der Waals surface area (Å²) in [6.07, 6.45) is -1.73. The molecule has 1 unspecified atom stereocenters. The summed E-state index contributed by atoms with van der Waals surface area (Å²) in [6.45, 7) is 6.00. The summed E-state index contributed by atoms with van der Waals surface area (Å²) in [5, 5.41) is 11.7. The topological polar surface area (TPSA) is 87.1 Å².